The third-order valence-corrected chi connectivity index (χ3v) is 5.71. The minimum Gasteiger partial charge on any atom is -0.454 e. The lowest BCUT2D eigenvalue weighted by molar-refractivity contribution is -0.114. The lowest BCUT2D eigenvalue weighted by atomic mass is 10.1. The molecule has 0 unspecified atom stereocenters. The van der Waals surface area contributed by atoms with Crippen LogP contribution in [0, 0.1) is 5.82 Å². The second-order valence-electron chi connectivity index (χ2n) is 8.26. The molecule has 0 aliphatic carbocycles. The van der Waals surface area contributed by atoms with Crippen LogP contribution in [0.3, 0.4) is 0 Å². The smallest absolute Gasteiger partial charge is 0.284 e. The summed E-state index contributed by atoms with van der Waals surface area (Å²) in [6, 6.07) is 16.1. The van der Waals surface area contributed by atoms with Gasteiger partial charge in [0.2, 0.25) is 5.91 Å². The fourth-order valence-electron chi connectivity index (χ4n) is 4.23. The third-order valence-electron chi connectivity index (χ3n) is 5.71. The number of rotatable bonds is 6. The molecule has 36 heavy (non-hydrogen) atoms. The number of nitrogens with zero attached hydrogens (tertiary/aromatic N) is 3. The number of ether oxygens (including phenoxy) is 1. The Morgan fingerprint density at radius 3 is 2.61 bits per heavy atom. The summed E-state index contributed by atoms with van der Waals surface area (Å²) in [5.74, 6) is -1.14. The van der Waals surface area contributed by atoms with Crippen molar-refractivity contribution in [2.75, 3.05) is 10.6 Å². The molecule has 2 aromatic heterocycles. The molecule has 2 N–H and O–H groups in total. The Hall–Kier alpha value is -4.73. The highest BCUT2D eigenvalue weighted by atomic mass is 19.1. The second-order valence-corrected chi connectivity index (χ2v) is 8.26. The Morgan fingerprint density at radius 2 is 1.86 bits per heavy atom. The van der Waals surface area contributed by atoms with E-state index in [1.807, 2.05) is 35.0 Å². The summed E-state index contributed by atoms with van der Waals surface area (Å²) in [5.41, 5.74) is 1.16. The molecule has 5 rings (SSSR count). The Bertz CT molecular complexity index is 1530. The Kier molecular flexibility index (Phi) is 6.07. The van der Waals surface area contributed by atoms with Crippen molar-refractivity contribution in [2.45, 2.75) is 26.3 Å². The predicted octanol–water partition coefficient (Wildman–Crippen LogP) is 4.12. The molecule has 10 heteroatoms. The number of carbonyl (C=O) groups excluding carboxylic acids is 2. The SMILES string of the molecule is CC(=O)Nc1cc(Oc2ccc(NC(=O)c3c4n(n(-c5ccccc5)c3=O)CCC4)cc2F)ccn1. The van der Waals surface area contributed by atoms with Crippen molar-refractivity contribution >= 4 is 23.3 Å². The first-order chi connectivity index (χ1) is 17.4. The molecule has 0 radical (unpaired) electrons. The van der Waals surface area contributed by atoms with Crippen molar-refractivity contribution in [1.82, 2.24) is 14.3 Å². The standard InChI is InChI=1S/C26H22FN5O4/c1-16(33)29-23-15-19(11-12-28-23)36-22-10-9-17(14-20(22)27)30-25(34)24-21-8-5-13-31(21)32(26(24)35)18-6-3-2-4-7-18/h2-4,6-7,9-12,14-15H,5,8,13H2,1H3,(H,30,34)(H,28,29,33). The Labute approximate surface area is 205 Å². The van der Waals surface area contributed by atoms with Gasteiger partial charge in [-0.1, -0.05) is 18.2 Å². The lowest BCUT2D eigenvalue weighted by Gasteiger charge is -2.10. The van der Waals surface area contributed by atoms with E-state index in [1.165, 1.54) is 42.1 Å². The molecule has 1 aliphatic rings. The van der Waals surface area contributed by atoms with E-state index >= 15 is 0 Å². The van der Waals surface area contributed by atoms with Crippen LogP contribution in [0.4, 0.5) is 15.9 Å². The van der Waals surface area contributed by atoms with Crippen LogP contribution in [0.5, 0.6) is 11.5 Å². The number of halogens is 1. The van der Waals surface area contributed by atoms with E-state index in [0.717, 1.165) is 12.5 Å². The molecule has 4 aromatic rings. The predicted molar refractivity (Wildman–Crippen MR) is 131 cm³/mol. The molecule has 0 spiro atoms. The van der Waals surface area contributed by atoms with Crippen LogP contribution in [0.2, 0.25) is 0 Å². The van der Waals surface area contributed by atoms with Crippen molar-refractivity contribution in [2.24, 2.45) is 0 Å². The summed E-state index contributed by atoms with van der Waals surface area (Å²) in [4.78, 5) is 41.5. The van der Waals surface area contributed by atoms with Gasteiger partial charge in [-0.25, -0.2) is 14.1 Å². The maximum Gasteiger partial charge on any atom is 0.284 e. The maximum absolute atomic E-state index is 14.8. The summed E-state index contributed by atoms with van der Waals surface area (Å²) in [6.07, 6.45) is 2.85. The van der Waals surface area contributed by atoms with E-state index < -0.39 is 17.3 Å². The number of nitrogens with one attached hydrogen (secondary N) is 2. The Balaban J connectivity index is 1.37. The fraction of sp³-hybridized carbons (Fsp3) is 0.154. The molecule has 182 valence electrons. The molecule has 0 bridgehead atoms. The van der Waals surface area contributed by atoms with Gasteiger partial charge in [0.1, 0.15) is 17.1 Å². The molecule has 0 saturated heterocycles. The van der Waals surface area contributed by atoms with E-state index in [-0.39, 0.29) is 34.5 Å². The molecule has 0 saturated carbocycles. The van der Waals surface area contributed by atoms with Gasteiger partial charge in [-0.05, 0) is 43.2 Å². The van der Waals surface area contributed by atoms with Crippen LogP contribution in [0.15, 0.2) is 71.7 Å². The van der Waals surface area contributed by atoms with Crippen LogP contribution in [0.1, 0.15) is 29.4 Å². The van der Waals surface area contributed by atoms with E-state index in [0.29, 0.717) is 24.3 Å². The van der Waals surface area contributed by atoms with Gasteiger partial charge in [-0.15, -0.1) is 0 Å². The largest absolute Gasteiger partial charge is 0.454 e. The first-order valence-electron chi connectivity index (χ1n) is 11.3. The minimum absolute atomic E-state index is 0.0550. The van der Waals surface area contributed by atoms with E-state index in [4.69, 9.17) is 4.74 Å². The summed E-state index contributed by atoms with van der Waals surface area (Å²) in [7, 11) is 0. The number of carbonyl (C=O) groups is 2. The molecule has 0 fully saturated rings. The zero-order valence-corrected chi connectivity index (χ0v) is 19.3. The third kappa shape index (κ3) is 4.48. The average molecular weight is 487 g/mol. The maximum atomic E-state index is 14.8. The first kappa shape index (κ1) is 23.0. The average Bonchev–Trinajstić information content (AvgIpc) is 3.40. The van der Waals surface area contributed by atoms with Gasteiger partial charge in [0.25, 0.3) is 11.5 Å². The number of anilines is 2. The minimum atomic E-state index is -0.713. The van der Waals surface area contributed by atoms with Crippen molar-refractivity contribution < 1.29 is 18.7 Å². The first-order valence-corrected chi connectivity index (χ1v) is 11.3. The molecule has 3 heterocycles. The van der Waals surface area contributed by atoms with Crippen LogP contribution < -0.4 is 20.9 Å². The van der Waals surface area contributed by atoms with E-state index in [9.17, 15) is 18.8 Å². The number of pyridine rings is 1. The highest BCUT2D eigenvalue weighted by Gasteiger charge is 2.29. The van der Waals surface area contributed by atoms with Gasteiger partial charge in [0.15, 0.2) is 11.6 Å². The van der Waals surface area contributed by atoms with Crippen molar-refractivity contribution in [3.8, 4) is 17.2 Å². The lowest BCUT2D eigenvalue weighted by Crippen LogP contribution is -2.26. The van der Waals surface area contributed by atoms with E-state index in [1.54, 1.807) is 0 Å². The van der Waals surface area contributed by atoms with Gasteiger partial charge in [-0.2, -0.15) is 0 Å². The molecular formula is C26H22FN5O4. The van der Waals surface area contributed by atoms with Crippen LogP contribution in [-0.2, 0) is 17.8 Å². The van der Waals surface area contributed by atoms with Crippen molar-refractivity contribution in [1.29, 1.82) is 0 Å². The summed E-state index contributed by atoms with van der Waals surface area (Å²) < 4.78 is 23.7. The zero-order valence-electron chi connectivity index (χ0n) is 19.3. The molecule has 2 amide bonds. The number of hydrogen-bond acceptors (Lipinski definition) is 5. The fourth-order valence-corrected chi connectivity index (χ4v) is 4.23. The van der Waals surface area contributed by atoms with Gasteiger partial charge < -0.3 is 15.4 Å². The molecule has 0 atom stereocenters. The number of para-hydroxylation sites is 1. The molecule has 2 aromatic carbocycles. The number of hydrogen-bond donors (Lipinski definition) is 2. The topological polar surface area (TPSA) is 107 Å². The van der Waals surface area contributed by atoms with Gasteiger partial charge in [0, 0.05) is 37.5 Å². The van der Waals surface area contributed by atoms with Crippen LogP contribution in [-0.4, -0.2) is 26.2 Å². The number of benzene rings is 2. The normalized spacial score (nSPS) is 12.2. The van der Waals surface area contributed by atoms with Gasteiger partial charge in [0.05, 0.1) is 11.4 Å². The van der Waals surface area contributed by atoms with Crippen molar-refractivity contribution in [3.05, 3.63) is 94.3 Å². The quantitative estimate of drug-likeness (QED) is 0.425. The van der Waals surface area contributed by atoms with Crippen LogP contribution >= 0.6 is 0 Å². The Morgan fingerprint density at radius 1 is 1.06 bits per heavy atom. The summed E-state index contributed by atoms with van der Waals surface area (Å²) in [6.45, 7) is 1.98. The number of fused-ring (bicyclic) bond motifs is 1. The van der Waals surface area contributed by atoms with Crippen LogP contribution in [0.25, 0.3) is 5.69 Å². The summed E-state index contributed by atoms with van der Waals surface area (Å²) >= 11 is 0. The van der Waals surface area contributed by atoms with Gasteiger partial charge in [-0.3, -0.25) is 19.1 Å². The monoisotopic (exact) mass is 487 g/mol. The number of amides is 2. The van der Waals surface area contributed by atoms with Gasteiger partial charge >= 0.3 is 0 Å². The molecule has 9 nitrogen and oxygen atoms in total. The highest BCUT2D eigenvalue weighted by molar-refractivity contribution is 6.05. The van der Waals surface area contributed by atoms with Crippen molar-refractivity contribution in [3.63, 3.8) is 0 Å². The molecular weight excluding hydrogens is 465 g/mol. The second kappa shape index (κ2) is 9.49. The highest BCUT2D eigenvalue weighted by Crippen LogP contribution is 2.28. The summed E-state index contributed by atoms with van der Waals surface area (Å²) in [5, 5.41) is 5.16. The number of aromatic nitrogens is 3. The zero-order chi connectivity index (χ0) is 25.2. The molecule has 1 aliphatic heterocycles. The van der Waals surface area contributed by atoms with E-state index in [2.05, 4.69) is 15.6 Å².